The van der Waals surface area contributed by atoms with Crippen molar-refractivity contribution in [2.24, 2.45) is 0 Å². The van der Waals surface area contributed by atoms with E-state index in [0.717, 1.165) is 27.5 Å². The number of furan rings is 1. The van der Waals surface area contributed by atoms with Gasteiger partial charge in [0.15, 0.2) is 0 Å². The quantitative estimate of drug-likeness (QED) is 0.895. The lowest BCUT2D eigenvalue weighted by molar-refractivity contribution is 0.176. The lowest BCUT2D eigenvalue weighted by Crippen LogP contribution is -2.03. The largest absolute Gasteiger partial charge is 0.458 e. The molecular formula is C16H20O2S. The van der Waals surface area contributed by atoms with Gasteiger partial charge >= 0.3 is 0 Å². The summed E-state index contributed by atoms with van der Waals surface area (Å²) in [5, 5.41) is 12.1. The van der Waals surface area contributed by atoms with E-state index >= 15 is 0 Å². The van der Waals surface area contributed by atoms with Crippen LogP contribution in [0.3, 0.4) is 0 Å². The van der Waals surface area contributed by atoms with Crippen molar-refractivity contribution in [2.75, 3.05) is 5.75 Å². The monoisotopic (exact) mass is 276 g/mol. The van der Waals surface area contributed by atoms with Crippen molar-refractivity contribution >= 4 is 22.7 Å². The minimum Gasteiger partial charge on any atom is -0.458 e. The maximum atomic E-state index is 10.3. The highest BCUT2D eigenvalue weighted by Gasteiger charge is 2.19. The molecular weight excluding hydrogens is 256 g/mol. The summed E-state index contributed by atoms with van der Waals surface area (Å²) in [6.07, 6.45) is 4.81. The van der Waals surface area contributed by atoms with Crippen LogP contribution in [0.2, 0.25) is 0 Å². The fourth-order valence-electron chi connectivity index (χ4n) is 2.76. The first-order valence-electron chi connectivity index (χ1n) is 7.03. The summed E-state index contributed by atoms with van der Waals surface area (Å²) in [4.78, 5) is 0. The minimum absolute atomic E-state index is 0.489. The Labute approximate surface area is 118 Å². The number of hydrogen-bond donors (Lipinski definition) is 1. The van der Waals surface area contributed by atoms with Crippen LogP contribution in [0.1, 0.15) is 43.1 Å². The van der Waals surface area contributed by atoms with Crippen LogP contribution in [0.25, 0.3) is 11.0 Å². The summed E-state index contributed by atoms with van der Waals surface area (Å²) in [7, 11) is 0. The first kappa shape index (κ1) is 13.1. The first-order valence-corrected chi connectivity index (χ1v) is 8.07. The lowest BCUT2D eigenvalue weighted by Gasteiger charge is -2.11. The van der Waals surface area contributed by atoms with Crippen LogP contribution in [0.4, 0.5) is 0 Å². The molecule has 0 bridgehead atoms. The molecule has 1 fully saturated rings. The van der Waals surface area contributed by atoms with Gasteiger partial charge in [-0.15, -0.1) is 0 Å². The molecule has 1 aliphatic carbocycles. The molecule has 19 heavy (non-hydrogen) atoms. The van der Waals surface area contributed by atoms with E-state index in [1.54, 1.807) is 0 Å². The molecule has 1 heterocycles. The first-order chi connectivity index (χ1) is 9.24. The van der Waals surface area contributed by atoms with Crippen LogP contribution in [-0.4, -0.2) is 16.1 Å². The van der Waals surface area contributed by atoms with Crippen molar-refractivity contribution in [1.29, 1.82) is 0 Å². The van der Waals surface area contributed by atoms with Crippen LogP contribution >= 0.6 is 11.8 Å². The number of aryl methyl sites for hydroxylation is 1. The Hall–Kier alpha value is -0.930. The van der Waals surface area contributed by atoms with Crippen molar-refractivity contribution in [3.05, 3.63) is 35.6 Å². The summed E-state index contributed by atoms with van der Waals surface area (Å²) >= 11 is 1.89. The number of aliphatic hydroxyl groups excluding tert-OH is 1. The normalized spacial score (nSPS) is 18.2. The zero-order valence-electron chi connectivity index (χ0n) is 11.3. The molecule has 102 valence electrons. The fraction of sp³-hybridized carbons (Fsp3) is 0.500. The van der Waals surface area contributed by atoms with Gasteiger partial charge in [-0.25, -0.2) is 0 Å². The zero-order chi connectivity index (χ0) is 13.2. The van der Waals surface area contributed by atoms with E-state index in [4.69, 9.17) is 4.42 Å². The molecule has 0 radical (unpaired) electrons. The maximum Gasteiger partial charge on any atom is 0.137 e. The van der Waals surface area contributed by atoms with Crippen LogP contribution in [0, 0.1) is 6.92 Å². The van der Waals surface area contributed by atoms with Crippen molar-refractivity contribution in [3.8, 4) is 0 Å². The molecule has 0 spiro atoms. The Morgan fingerprint density at radius 2 is 2.16 bits per heavy atom. The van der Waals surface area contributed by atoms with E-state index in [9.17, 15) is 5.11 Å². The van der Waals surface area contributed by atoms with E-state index in [1.165, 1.54) is 25.7 Å². The molecule has 1 aliphatic rings. The van der Waals surface area contributed by atoms with Gasteiger partial charge in [-0.1, -0.05) is 31.0 Å². The number of hydrogen-bond acceptors (Lipinski definition) is 3. The molecule has 1 atom stereocenters. The highest BCUT2D eigenvalue weighted by atomic mass is 32.2. The Morgan fingerprint density at radius 3 is 2.89 bits per heavy atom. The SMILES string of the molecule is Cc1cccc2cc(C(O)CSC3CCCC3)oc12. The second-order valence-corrected chi connectivity index (χ2v) is 6.73. The Kier molecular flexibility index (Phi) is 3.85. The number of aliphatic hydroxyl groups is 1. The lowest BCUT2D eigenvalue weighted by atomic mass is 10.2. The summed E-state index contributed by atoms with van der Waals surface area (Å²) in [6, 6.07) is 8.07. The van der Waals surface area contributed by atoms with E-state index in [2.05, 4.69) is 0 Å². The smallest absolute Gasteiger partial charge is 0.137 e. The molecule has 1 saturated carbocycles. The Morgan fingerprint density at radius 1 is 1.37 bits per heavy atom. The average Bonchev–Trinajstić information content (AvgIpc) is 3.05. The third kappa shape index (κ3) is 2.82. The molecule has 1 unspecified atom stereocenters. The third-order valence-electron chi connectivity index (χ3n) is 3.88. The van der Waals surface area contributed by atoms with Gasteiger partial charge in [0.25, 0.3) is 0 Å². The topological polar surface area (TPSA) is 33.4 Å². The average molecular weight is 276 g/mol. The van der Waals surface area contributed by atoms with Gasteiger partial charge in [0.05, 0.1) is 0 Å². The summed E-state index contributed by atoms with van der Waals surface area (Å²) < 4.78 is 5.81. The molecule has 3 heteroatoms. The van der Waals surface area contributed by atoms with Gasteiger partial charge in [0.2, 0.25) is 0 Å². The second kappa shape index (κ2) is 5.59. The van der Waals surface area contributed by atoms with E-state index in [1.807, 2.05) is 43.0 Å². The fourth-order valence-corrected chi connectivity index (χ4v) is 4.04. The third-order valence-corrected chi connectivity index (χ3v) is 5.33. The van der Waals surface area contributed by atoms with Gasteiger partial charge in [-0.2, -0.15) is 11.8 Å². The summed E-state index contributed by atoms with van der Waals surface area (Å²) in [5.41, 5.74) is 2.03. The van der Waals surface area contributed by atoms with Crippen LogP contribution in [-0.2, 0) is 0 Å². The van der Waals surface area contributed by atoms with Gasteiger partial charge in [0.1, 0.15) is 17.4 Å². The van der Waals surface area contributed by atoms with Gasteiger partial charge in [-0.05, 0) is 31.4 Å². The number of fused-ring (bicyclic) bond motifs is 1. The Bertz CT molecular complexity index is 555. The molecule has 2 aromatic rings. The predicted octanol–water partition coefficient (Wildman–Crippen LogP) is 4.45. The van der Waals surface area contributed by atoms with Gasteiger partial charge in [0, 0.05) is 16.4 Å². The maximum absolute atomic E-state index is 10.3. The Balaban J connectivity index is 1.70. The molecule has 1 aromatic heterocycles. The molecule has 0 saturated heterocycles. The van der Waals surface area contributed by atoms with Gasteiger partial charge in [-0.3, -0.25) is 0 Å². The van der Waals surface area contributed by atoms with Crippen molar-refractivity contribution in [3.63, 3.8) is 0 Å². The predicted molar refractivity (Wildman–Crippen MR) is 80.6 cm³/mol. The van der Waals surface area contributed by atoms with Gasteiger partial charge < -0.3 is 9.52 Å². The summed E-state index contributed by atoms with van der Waals surface area (Å²) in [5.74, 6) is 1.44. The van der Waals surface area contributed by atoms with Crippen LogP contribution < -0.4 is 0 Å². The molecule has 1 aromatic carbocycles. The molecule has 3 rings (SSSR count). The molecule has 0 amide bonds. The number of thioether (sulfide) groups is 1. The number of rotatable bonds is 4. The molecule has 0 aliphatic heterocycles. The van der Waals surface area contributed by atoms with Crippen LogP contribution in [0.15, 0.2) is 28.7 Å². The molecule has 2 nitrogen and oxygen atoms in total. The number of benzene rings is 1. The minimum atomic E-state index is -0.489. The highest BCUT2D eigenvalue weighted by molar-refractivity contribution is 7.99. The van der Waals surface area contributed by atoms with E-state index in [0.29, 0.717) is 5.76 Å². The number of para-hydroxylation sites is 1. The van der Waals surface area contributed by atoms with E-state index in [-0.39, 0.29) is 0 Å². The van der Waals surface area contributed by atoms with Crippen LogP contribution in [0.5, 0.6) is 0 Å². The second-order valence-electron chi connectivity index (χ2n) is 5.40. The zero-order valence-corrected chi connectivity index (χ0v) is 12.1. The van der Waals surface area contributed by atoms with Crippen molar-refractivity contribution in [1.82, 2.24) is 0 Å². The van der Waals surface area contributed by atoms with E-state index < -0.39 is 6.10 Å². The standard InChI is InChI=1S/C16H20O2S/c1-11-5-4-6-12-9-15(18-16(11)12)14(17)10-19-13-7-2-3-8-13/h4-6,9,13-14,17H,2-3,7-8,10H2,1H3. The molecule has 1 N–H and O–H groups in total. The van der Waals surface area contributed by atoms with Crippen molar-refractivity contribution in [2.45, 2.75) is 44.0 Å². The summed E-state index contributed by atoms with van der Waals surface area (Å²) in [6.45, 7) is 2.04. The highest BCUT2D eigenvalue weighted by Crippen LogP contribution is 2.33. The van der Waals surface area contributed by atoms with Crippen molar-refractivity contribution < 1.29 is 9.52 Å².